The fourth-order valence-corrected chi connectivity index (χ4v) is 0. The smallest absolute Gasteiger partial charge is 0.566 e. The third kappa shape index (κ3) is 18.4. The predicted octanol–water partition coefficient (Wildman–Crippen LogP) is -5.45. The van der Waals surface area contributed by atoms with Crippen LogP contribution in [0.4, 0.5) is 0 Å². The molecule has 20 valence electrons. The third-order valence-corrected chi connectivity index (χ3v) is 0. The van der Waals surface area contributed by atoms with Crippen molar-refractivity contribution < 1.29 is 121 Å². The molecule has 0 spiro atoms. The number of aliphatic hydroxyl groups is 1. The molecule has 0 aromatic rings. The van der Waals surface area contributed by atoms with Crippen LogP contribution in [0, 0.1) is 6.61 Å². The Bertz CT molecular complexity index is 7.61. The van der Waals surface area contributed by atoms with Crippen molar-refractivity contribution in [3.05, 3.63) is 6.61 Å². The Labute approximate surface area is 130 Å². The van der Waals surface area contributed by atoms with E-state index >= 15 is 0 Å². The fourth-order valence-electron chi connectivity index (χ4n) is 0. The van der Waals surface area contributed by atoms with Crippen LogP contribution in [0.5, 0.6) is 0 Å². The quantitative estimate of drug-likeness (QED) is 0.401. The molecule has 0 aliphatic heterocycles. The van der Waals surface area contributed by atoms with Crippen LogP contribution in [0.15, 0.2) is 0 Å². The van der Waals surface area contributed by atoms with E-state index in [4.69, 9.17) is 5.11 Å². The van der Waals surface area contributed by atoms with Crippen LogP contribution in [0.25, 0.3) is 0 Å². The summed E-state index contributed by atoms with van der Waals surface area (Å²) in [4.78, 5) is 0. The molecule has 0 bridgehead atoms. The topological polar surface area (TPSA) is 20.2 Å². The second kappa shape index (κ2) is 15.6. The second-order valence-corrected chi connectivity index (χ2v) is 0.258. The Hall–Kier alpha value is 3.57. The normalized spacial score (nSPS) is 3.60. The molecule has 0 aromatic heterocycles. The molecular weight excluding hydrogens is 211 g/mol. The summed E-state index contributed by atoms with van der Waals surface area (Å²) in [6, 6.07) is 0. The van der Waals surface area contributed by atoms with Gasteiger partial charge in [0.1, 0.15) is 0 Å². The summed E-state index contributed by atoms with van der Waals surface area (Å²) in [5.41, 5.74) is 0. The zero-order chi connectivity index (χ0) is 2.71. The van der Waals surface area contributed by atoms with E-state index < -0.39 is 0 Å². The minimum Gasteiger partial charge on any atom is -0.566 e. The summed E-state index contributed by atoms with van der Waals surface area (Å²) in [5.74, 6) is 0. The molecule has 3 heteroatoms. The summed E-state index contributed by atoms with van der Waals surface area (Å²) < 4.78 is 0. The van der Waals surface area contributed by atoms with E-state index in [1.54, 1.807) is 6.92 Å². The molecule has 0 atom stereocenters. The van der Waals surface area contributed by atoms with Crippen molar-refractivity contribution in [2.75, 3.05) is 0 Å². The van der Waals surface area contributed by atoms with E-state index in [2.05, 4.69) is 0 Å². The molecule has 0 saturated heterocycles. The van der Waals surface area contributed by atoms with Crippen LogP contribution in [0.1, 0.15) is 6.92 Å². The second-order valence-electron chi connectivity index (χ2n) is 0.258. The van der Waals surface area contributed by atoms with Gasteiger partial charge in [0.05, 0.1) is 0 Å². The van der Waals surface area contributed by atoms with Gasteiger partial charge in [-0.25, -0.2) is 6.61 Å². The summed E-state index contributed by atoms with van der Waals surface area (Å²) in [5, 5.41) is 7.44. The van der Waals surface area contributed by atoms with Gasteiger partial charge in [0.25, 0.3) is 0 Å². The molecule has 0 fully saturated rings. The van der Waals surface area contributed by atoms with Crippen LogP contribution in [-0.2, 0) is 0 Å². The van der Waals surface area contributed by atoms with Crippen molar-refractivity contribution in [3.8, 4) is 0 Å². The Kier molecular flexibility index (Phi) is 49.5. The standard InChI is InChI=1S/C2H5O.2Rb/c1-2-3;;/h2-3H,1H3;;/q-1;2*+1. The maximum Gasteiger partial charge on any atom is 1.00 e. The largest absolute Gasteiger partial charge is 1.00 e. The van der Waals surface area contributed by atoms with Crippen molar-refractivity contribution in [3.63, 3.8) is 0 Å². The molecule has 0 rings (SSSR count). The number of rotatable bonds is 0. The summed E-state index contributed by atoms with van der Waals surface area (Å²) in [6.45, 7) is 2.56. The zero-order valence-corrected chi connectivity index (χ0v) is 13.9. The van der Waals surface area contributed by atoms with Crippen molar-refractivity contribution in [1.82, 2.24) is 0 Å². The van der Waals surface area contributed by atoms with E-state index in [1.165, 1.54) is 0 Å². The van der Waals surface area contributed by atoms with Crippen molar-refractivity contribution in [2.24, 2.45) is 0 Å². The van der Waals surface area contributed by atoms with Crippen molar-refractivity contribution in [1.29, 1.82) is 0 Å². The average Bonchev–Trinajstić information content (AvgIpc) is 0.918. The van der Waals surface area contributed by atoms with Gasteiger partial charge in [0, 0.05) is 0 Å². The van der Waals surface area contributed by atoms with Gasteiger partial charge in [-0.15, -0.1) is 0 Å². The van der Waals surface area contributed by atoms with E-state index in [9.17, 15) is 0 Å². The minimum atomic E-state index is 0. The number of hydrogen-bond acceptors (Lipinski definition) is 1. The van der Waals surface area contributed by atoms with Crippen molar-refractivity contribution >= 4 is 0 Å². The monoisotopic (exact) mass is 215 g/mol. The van der Waals surface area contributed by atoms with E-state index in [-0.39, 0.29) is 116 Å². The molecule has 1 N–H and O–H groups in total. The van der Waals surface area contributed by atoms with Crippen LogP contribution in [-0.4, -0.2) is 5.11 Å². The molecule has 0 saturated carbocycles. The zero-order valence-electron chi connectivity index (χ0n) is 4.02. The molecule has 0 heterocycles. The van der Waals surface area contributed by atoms with Gasteiger partial charge in [0.15, 0.2) is 0 Å². The molecule has 1 nitrogen and oxygen atoms in total. The van der Waals surface area contributed by atoms with Gasteiger partial charge in [-0.3, -0.25) is 0 Å². The molecule has 5 heavy (non-hydrogen) atoms. The first-order valence-electron chi connectivity index (χ1n) is 0.836. The summed E-state index contributed by atoms with van der Waals surface area (Å²) in [7, 11) is 0. The van der Waals surface area contributed by atoms with Gasteiger partial charge in [-0.1, -0.05) is 0 Å². The summed E-state index contributed by atoms with van der Waals surface area (Å²) in [6.07, 6.45) is 0. The molecule has 0 aliphatic rings. The Morgan fingerprint density at radius 3 is 1.40 bits per heavy atom. The van der Waals surface area contributed by atoms with Gasteiger partial charge < -0.3 is 5.11 Å². The first kappa shape index (κ1) is 15.8. The van der Waals surface area contributed by atoms with Crippen LogP contribution in [0.2, 0.25) is 0 Å². The maximum atomic E-state index is 7.44. The van der Waals surface area contributed by atoms with Crippen LogP contribution >= 0.6 is 0 Å². The Balaban J connectivity index is -0.0000000200. The molecular formula is C2H5ORb2+. The van der Waals surface area contributed by atoms with E-state index in [0.717, 1.165) is 6.61 Å². The van der Waals surface area contributed by atoms with Gasteiger partial charge >= 0.3 is 116 Å². The molecule has 0 unspecified atom stereocenters. The first-order valence-corrected chi connectivity index (χ1v) is 0.836. The maximum absolute atomic E-state index is 7.44. The van der Waals surface area contributed by atoms with Crippen LogP contribution < -0.4 is 116 Å². The van der Waals surface area contributed by atoms with Gasteiger partial charge in [-0.05, 0) is 0 Å². The van der Waals surface area contributed by atoms with Gasteiger partial charge in [0.2, 0.25) is 0 Å². The average molecular weight is 216 g/mol. The molecule has 0 aliphatic carbocycles. The first-order chi connectivity index (χ1) is 1.41. The number of aliphatic hydroxyl groups excluding tert-OH is 1. The predicted molar refractivity (Wildman–Crippen MR) is 11.9 cm³/mol. The van der Waals surface area contributed by atoms with Crippen LogP contribution in [0.3, 0.4) is 0 Å². The van der Waals surface area contributed by atoms with E-state index in [0.29, 0.717) is 0 Å². The SMILES string of the molecule is C[CH-]O.[Rb+].[Rb+]. The number of hydrogen-bond donors (Lipinski definition) is 1. The Morgan fingerprint density at radius 1 is 1.40 bits per heavy atom. The molecule has 0 aromatic carbocycles. The fraction of sp³-hybridized carbons (Fsp3) is 0.500. The minimum absolute atomic E-state index is 0. The third-order valence-electron chi connectivity index (χ3n) is 0. The van der Waals surface area contributed by atoms with Gasteiger partial charge in [-0.2, -0.15) is 6.92 Å². The Morgan fingerprint density at radius 2 is 1.40 bits per heavy atom. The molecule has 0 amide bonds. The van der Waals surface area contributed by atoms with E-state index in [1.807, 2.05) is 0 Å². The summed E-state index contributed by atoms with van der Waals surface area (Å²) >= 11 is 0. The van der Waals surface area contributed by atoms with Crippen molar-refractivity contribution in [2.45, 2.75) is 6.92 Å². The molecule has 0 radical (unpaired) electrons.